The lowest BCUT2D eigenvalue weighted by atomic mass is 10.2. The van der Waals surface area contributed by atoms with Gasteiger partial charge in [0.25, 0.3) is 0 Å². The highest BCUT2D eigenvalue weighted by molar-refractivity contribution is 8.01. The van der Waals surface area contributed by atoms with Crippen LogP contribution in [0.15, 0.2) is 33.5 Å². The molecule has 0 aliphatic heterocycles. The van der Waals surface area contributed by atoms with Gasteiger partial charge in [0.2, 0.25) is 0 Å². The van der Waals surface area contributed by atoms with Crippen molar-refractivity contribution >= 4 is 40.7 Å². The number of halogens is 1. The summed E-state index contributed by atoms with van der Waals surface area (Å²) in [5.41, 5.74) is 1.18. The number of aromatic nitrogens is 1. The number of hydrogen-bond donors (Lipinski definition) is 0. The molecule has 0 atom stereocenters. The monoisotopic (exact) mass is 299 g/mol. The Morgan fingerprint density at radius 3 is 2.94 bits per heavy atom. The van der Waals surface area contributed by atoms with Crippen LogP contribution in [0.3, 0.4) is 0 Å². The van der Waals surface area contributed by atoms with Crippen molar-refractivity contribution in [2.45, 2.75) is 16.2 Å². The maximum absolute atomic E-state index is 11.4. The van der Waals surface area contributed by atoms with E-state index in [1.807, 2.05) is 25.1 Å². The Bertz CT molecular complexity index is 583. The van der Waals surface area contributed by atoms with Gasteiger partial charge in [-0.15, -0.1) is 0 Å². The molecule has 0 saturated carbocycles. The molecule has 3 nitrogen and oxygen atoms in total. The van der Waals surface area contributed by atoms with Gasteiger partial charge in [0, 0.05) is 4.90 Å². The van der Waals surface area contributed by atoms with E-state index in [1.54, 1.807) is 0 Å². The molecule has 0 fully saturated rings. The second-order valence-corrected chi connectivity index (χ2v) is 6.19. The molecule has 0 aliphatic carbocycles. The lowest BCUT2D eigenvalue weighted by molar-refractivity contribution is 0.0606. The second kappa shape index (κ2) is 5.73. The van der Waals surface area contributed by atoms with Gasteiger partial charge in [-0.25, -0.2) is 9.78 Å². The van der Waals surface area contributed by atoms with Gasteiger partial charge in [0.15, 0.2) is 14.4 Å². The summed E-state index contributed by atoms with van der Waals surface area (Å²) < 4.78 is 5.37. The first-order valence-electron chi connectivity index (χ1n) is 5.09. The van der Waals surface area contributed by atoms with Crippen LogP contribution in [-0.4, -0.2) is 18.1 Å². The average molecular weight is 300 g/mol. The van der Waals surface area contributed by atoms with Crippen LogP contribution in [0.4, 0.5) is 0 Å². The number of rotatable bonds is 3. The van der Waals surface area contributed by atoms with Gasteiger partial charge in [0.05, 0.1) is 7.11 Å². The molecule has 1 heterocycles. The van der Waals surface area contributed by atoms with Crippen LogP contribution < -0.4 is 0 Å². The summed E-state index contributed by atoms with van der Waals surface area (Å²) in [5.74, 6) is -0.450. The first-order chi connectivity index (χ1) is 8.60. The number of thiazole rings is 1. The number of nitrogens with zero attached hydrogens (tertiary/aromatic N) is 1. The molecule has 18 heavy (non-hydrogen) atoms. The van der Waals surface area contributed by atoms with E-state index in [2.05, 4.69) is 15.8 Å². The molecule has 0 aliphatic rings. The summed E-state index contributed by atoms with van der Waals surface area (Å²) in [6, 6.07) is 8.05. The van der Waals surface area contributed by atoms with Gasteiger partial charge in [-0.1, -0.05) is 52.4 Å². The summed E-state index contributed by atoms with van der Waals surface area (Å²) >= 11 is 8.62. The first kappa shape index (κ1) is 13.4. The van der Waals surface area contributed by atoms with Crippen molar-refractivity contribution in [2.24, 2.45) is 0 Å². The standard InChI is InChI=1S/C12H10ClNO2S2/c1-7-4-3-5-8(6-7)17-12-14-10(13)9(18-12)11(15)16-2/h3-6H,1-2H3. The minimum Gasteiger partial charge on any atom is -0.465 e. The number of carbonyl (C=O) groups is 1. The minimum atomic E-state index is -0.450. The molecule has 0 saturated heterocycles. The quantitative estimate of drug-likeness (QED) is 0.802. The average Bonchev–Trinajstić information content (AvgIpc) is 2.69. The van der Waals surface area contributed by atoms with Gasteiger partial charge in [-0.2, -0.15) is 0 Å². The SMILES string of the molecule is COC(=O)c1sc(Sc2cccc(C)c2)nc1Cl. The van der Waals surface area contributed by atoms with Gasteiger partial charge in [-0.3, -0.25) is 0 Å². The predicted molar refractivity (Wildman–Crippen MR) is 73.8 cm³/mol. The molecule has 6 heteroatoms. The topological polar surface area (TPSA) is 39.2 Å². The fourth-order valence-electron chi connectivity index (χ4n) is 1.33. The molecule has 2 rings (SSSR count). The zero-order valence-electron chi connectivity index (χ0n) is 9.77. The molecular formula is C12H10ClNO2S2. The van der Waals surface area contributed by atoms with Gasteiger partial charge in [-0.05, 0) is 19.1 Å². The van der Waals surface area contributed by atoms with Crippen molar-refractivity contribution in [3.05, 3.63) is 39.9 Å². The van der Waals surface area contributed by atoms with E-state index in [0.29, 0.717) is 4.88 Å². The molecular weight excluding hydrogens is 290 g/mol. The Morgan fingerprint density at radius 2 is 2.28 bits per heavy atom. The van der Waals surface area contributed by atoms with Gasteiger partial charge >= 0.3 is 5.97 Å². The number of methoxy groups -OCH3 is 1. The zero-order valence-corrected chi connectivity index (χ0v) is 12.2. The molecule has 94 valence electrons. The maximum atomic E-state index is 11.4. The number of benzene rings is 1. The van der Waals surface area contributed by atoms with Crippen LogP contribution in [0.5, 0.6) is 0 Å². The van der Waals surface area contributed by atoms with E-state index in [4.69, 9.17) is 11.6 Å². The molecule has 0 bridgehead atoms. The van der Waals surface area contributed by atoms with Crippen LogP contribution in [0.25, 0.3) is 0 Å². The Morgan fingerprint density at radius 1 is 1.50 bits per heavy atom. The van der Waals surface area contributed by atoms with Crippen molar-refractivity contribution < 1.29 is 9.53 Å². The number of aryl methyl sites for hydroxylation is 1. The summed E-state index contributed by atoms with van der Waals surface area (Å²) in [6.45, 7) is 2.03. The fraction of sp³-hybridized carbons (Fsp3) is 0.167. The molecule has 0 spiro atoms. The molecule has 2 aromatic rings. The smallest absolute Gasteiger partial charge is 0.351 e. The molecule has 0 amide bonds. The van der Waals surface area contributed by atoms with E-state index in [1.165, 1.54) is 35.8 Å². The number of esters is 1. The van der Waals surface area contributed by atoms with Crippen LogP contribution in [-0.2, 0) is 4.74 Å². The third kappa shape index (κ3) is 3.04. The van der Waals surface area contributed by atoms with E-state index < -0.39 is 5.97 Å². The van der Waals surface area contributed by atoms with Crippen LogP contribution in [0.1, 0.15) is 15.2 Å². The van der Waals surface area contributed by atoms with Crippen LogP contribution >= 0.6 is 34.7 Å². The van der Waals surface area contributed by atoms with E-state index in [-0.39, 0.29) is 5.15 Å². The highest BCUT2D eigenvalue weighted by Crippen LogP contribution is 2.35. The Labute approximate surface area is 118 Å². The zero-order chi connectivity index (χ0) is 13.1. The summed E-state index contributed by atoms with van der Waals surface area (Å²) in [5, 5.41) is 0.196. The number of carbonyl (C=O) groups excluding carboxylic acids is 1. The van der Waals surface area contributed by atoms with E-state index in [0.717, 1.165) is 9.24 Å². The highest BCUT2D eigenvalue weighted by Gasteiger charge is 2.17. The summed E-state index contributed by atoms with van der Waals surface area (Å²) in [4.78, 5) is 17.0. The van der Waals surface area contributed by atoms with Crippen molar-refractivity contribution in [2.75, 3.05) is 7.11 Å². The van der Waals surface area contributed by atoms with Gasteiger partial charge in [0.1, 0.15) is 0 Å². The normalized spacial score (nSPS) is 10.4. The van der Waals surface area contributed by atoms with Crippen molar-refractivity contribution in [3.8, 4) is 0 Å². The molecule has 1 aromatic heterocycles. The summed E-state index contributed by atoms with van der Waals surface area (Å²) in [6.07, 6.45) is 0. The van der Waals surface area contributed by atoms with Crippen molar-refractivity contribution in [3.63, 3.8) is 0 Å². The Balaban J connectivity index is 2.23. The van der Waals surface area contributed by atoms with E-state index in [9.17, 15) is 4.79 Å². The third-order valence-corrected chi connectivity index (χ3v) is 4.60. The Kier molecular flexibility index (Phi) is 4.27. The molecule has 0 radical (unpaired) electrons. The van der Waals surface area contributed by atoms with E-state index >= 15 is 0 Å². The summed E-state index contributed by atoms with van der Waals surface area (Å²) in [7, 11) is 1.33. The minimum absolute atomic E-state index is 0.196. The van der Waals surface area contributed by atoms with Gasteiger partial charge < -0.3 is 4.74 Å². The fourth-order valence-corrected chi connectivity index (χ4v) is 3.75. The first-order valence-corrected chi connectivity index (χ1v) is 7.10. The number of ether oxygens (including phenoxy) is 1. The predicted octanol–water partition coefficient (Wildman–Crippen LogP) is 4.04. The number of hydrogen-bond acceptors (Lipinski definition) is 5. The Hall–Kier alpha value is -1.04. The molecule has 0 unspecified atom stereocenters. The molecule has 0 N–H and O–H groups in total. The largest absolute Gasteiger partial charge is 0.465 e. The second-order valence-electron chi connectivity index (χ2n) is 3.51. The lowest BCUT2D eigenvalue weighted by Gasteiger charge is -1.98. The highest BCUT2D eigenvalue weighted by atomic mass is 35.5. The van der Waals surface area contributed by atoms with Crippen molar-refractivity contribution in [1.82, 2.24) is 4.98 Å². The van der Waals surface area contributed by atoms with Crippen molar-refractivity contribution in [1.29, 1.82) is 0 Å². The lowest BCUT2D eigenvalue weighted by Crippen LogP contribution is -1.98. The third-order valence-electron chi connectivity index (χ3n) is 2.13. The van der Waals surface area contributed by atoms with Crippen LogP contribution in [0, 0.1) is 6.92 Å². The molecule has 1 aromatic carbocycles. The maximum Gasteiger partial charge on any atom is 0.351 e. The van der Waals surface area contributed by atoms with Crippen LogP contribution in [0.2, 0.25) is 5.15 Å².